The molecule has 0 N–H and O–H groups in total. The quantitative estimate of drug-likeness (QED) is 0.195. The summed E-state index contributed by atoms with van der Waals surface area (Å²) >= 11 is 0. The van der Waals surface area contributed by atoms with Crippen molar-refractivity contribution < 1.29 is 0 Å². The number of fused-ring (bicyclic) bond motifs is 3. The van der Waals surface area contributed by atoms with E-state index < -0.39 is 0 Å². The number of hydrogen-bond donors (Lipinski definition) is 0. The molecule has 0 saturated carbocycles. The summed E-state index contributed by atoms with van der Waals surface area (Å²) < 4.78 is 2.48. The number of benzene rings is 7. The highest BCUT2D eigenvalue weighted by Gasteiger charge is 2.35. The molecule has 0 unspecified atom stereocenters. The van der Waals surface area contributed by atoms with Crippen molar-refractivity contribution >= 4 is 71.2 Å². The lowest BCUT2D eigenvalue weighted by molar-refractivity contribution is 0.663. The van der Waals surface area contributed by atoms with Crippen molar-refractivity contribution in [1.82, 2.24) is 4.57 Å². The Morgan fingerprint density at radius 1 is 0.383 bits per heavy atom. The fourth-order valence-corrected chi connectivity index (χ4v) is 8.45. The van der Waals surface area contributed by atoms with E-state index in [1.807, 2.05) is 0 Å². The van der Waals surface area contributed by atoms with Crippen LogP contribution in [-0.4, -0.2) is 4.57 Å². The largest absolute Gasteiger partial charge is 0.311 e. The fraction of sp³-hybridized carbons (Fsp3) is 0.0667. The van der Waals surface area contributed by atoms with Crippen LogP contribution in [0, 0.1) is 0 Å². The molecule has 2 heteroatoms. The monoisotopic (exact) mass is 600 g/mol. The predicted molar refractivity (Wildman–Crippen MR) is 200 cm³/mol. The Morgan fingerprint density at radius 2 is 0.894 bits per heavy atom. The van der Waals surface area contributed by atoms with Crippen LogP contribution in [-0.2, 0) is 5.41 Å². The number of anilines is 3. The Labute approximate surface area is 273 Å². The van der Waals surface area contributed by atoms with E-state index in [1.54, 1.807) is 0 Å². The van der Waals surface area contributed by atoms with E-state index in [4.69, 9.17) is 0 Å². The maximum Gasteiger partial charge on any atom is 0.0547 e. The lowest BCUT2D eigenvalue weighted by Crippen LogP contribution is -2.15. The molecule has 1 aromatic heterocycles. The van der Waals surface area contributed by atoms with Crippen LogP contribution in [0.4, 0.5) is 17.1 Å². The molecule has 47 heavy (non-hydrogen) atoms. The van der Waals surface area contributed by atoms with Crippen LogP contribution in [0.5, 0.6) is 0 Å². The Morgan fingerprint density at radius 3 is 1.55 bits per heavy atom. The minimum absolute atomic E-state index is 0.0858. The third kappa shape index (κ3) is 3.56. The van der Waals surface area contributed by atoms with Gasteiger partial charge in [-0.05, 0) is 104 Å². The molecule has 1 aliphatic carbocycles. The number of aromatic nitrogens is 1. The smallest absolute Gasteiger partial charge is 0.0547 e. The van der Waals surface area contributed by atoms with Crippen LogP contribution >= 0.6 is 0 Å². The van der Waals surface area contributed by atoms with Crippen molar-refractivity contribution in [2.45, 2.75) is 19.3 Å². The van der Waals surface area contributed by atoms with Crippen LogP contribution < -0.4 is 4.90 Å². The van der Waals surface area contributed by atoms with Gasteiger partial charge in [-0.2, -0.15) is 0 Å². The number of hydrogen-bond acceptors (Lipinski definition) is 1. The molecule has 0 radical (unpaired) electrons. The molecule has 0 aliphatic heterocycles. The number of nitrogens with zero attached hydrogens (tertiary/aromatic N) is 2. The summed E-state index contributed by atoms with van der Waals surface area (Å²) in [5.41, 5.74) is 9.79. The van der Waals surface area contributed by atoms with Gasteiger partial charge in [-0.1, -0.05) is 111 Å². The van der Waals surface area contributed by atoms with Crippen LogP contribution in [0.15, 0.2) is 158 Å². The van der Waals surface area contributed by atoms with Gasteiger partial charge in [0.15, 0.2) is 0 Å². The summed E-state index contributed by atoms with van der Waals surface area (Å²) in [5, 5.41) is 10.7. The van der Waals surface area contributed by atoms with Crippen molar-refractivity contribution in [2.24, 2.45) is 0 Å². The highest BCUT2D eigenvalue weighted by atomic mass is 15.1. The maximum absolute atomic E-state index is 2.48. The molecule has 222 valence electrons. The third-order valence-electron chi connectivity index (χ3n) is 10.5. The van der Waals surface area contributed by atoms with Crippen molar-refractivity contribution in [3.63, 3.8) is 0 Å². The average Bonchev–Trinajstić information content (AvgIpc) is 3.58. The molecule has 0 fully saturated rings. The Balaban J connectivity index is 1.30. The Bertz CT molecular complexity index is 2640. The van der Waals surface area contributed by atoms with Gasteiger partial charge in [0, 0.05) is 38.9 Å². The highest BCUT2D eigenvalue weighted by Crippen LogP contribution is 2.53. The van der Waals surface area contributed by atoms with Gasteiger partial charge in [-0.15, -0.1) is 0 Å². The molecule has 1 aliphatic rings. The van der Waals surface area contributed by atoms with E-state index in [9.17, 15) is 0 Å². The first-order valence-corrected chi connectivity index (χ1v) is 16.5. The zero-order valence-corrected chi connectivity index (χ0v) is 26.4. The molecule has 9 aromatic rings. The third-order valence-corrected chi connectivity index (χ3v) is 10.5. The minimum atomic E-state index is -0.0858. The van der Waals surface area contributed by atoms with Crippen LogP contribution in [0.3, 0.4) is 0 Å². The average molecular weight is 601 g/mol. The molecule has 0 bridgehead atoms. The standard InChI is InChI=1S/C45H32N2/c1-45(2)37-21-11-19-35-33-17-9-10-18-34(33)36-20-12-22-39-42(36)44-40(28-27-38(45)43(44)41(35)37)47(39)32-25-23-31(24-26-32)46(29-13-5-3-6-14-29)30-15-7-4-8-16-30/h3-28H,1-2H3. The molecule has 2 nitrogen and oxygen atoms in total. The van der Waals surface area contributed by atoms with E-state index in [1.165, 1.54) is 65.3 Å². The first kappa shape index (κ1) is 26.4. The van der Waals surface area contributed by atoms with Crippen LogP contribution in [0.2, 0.25) is 0 Å². The van der Waals surface area contributed by atoms with E-state index >= 15 is 0 Å². The molecule has 1 heterocycles. The molecule has 0 spiro atoms. The lowest BCUT2D eigenvalue weighted by atomic mass is 9.81. The van der Waals surface area contributed by atoms with Gasteiger partial charge in [0.1, 0.15) is 0 Å². The number of rotatable bonds is 4. The van der Waals surface area contributed by atoms with Gasteiger partial charge in [-0.3, -0.25) is 0 Å². The summed E-state index contributed by atoms with van der Waals surface area (Å²) in [4.78, 5) is 2.32. The van der Waals surface area contributed by atoms with Gasteiger partial charge in [0.25, 0.3) is 0 Å². The van der Waals surface area contributed by atoms with Gasteiger partial charge >= 0.3 is 0 Å². The summed E-state index contributed by atoms with van der Waals surface area (Å²) in [5.74, 6) is 0. The second-order valence-corrected chi connectivity index (χ2v) is 13.3. The normalized spacial score (nSPS) is 13.5. The SMILES string of the molecule is CC1(C)c2cccc3c4ccccc4c4cccc5c4c4c(c1ccc4n5-c1ccc(N(c4ccccc4)c4ccccc4)cc1)c23. The van der Waals surface area contributed by atoms with Gasteiger partial charge in [0.2, 0.25) is 0 Å². The van der Waals surface area contributed by atoms with Gasteiger partial charge < -0.3 is 9.47 Å². The van der Waals surface area contributed by atoms with E-state index in [-0.39, 0.29) is 5.41 Å². The van der Waals surface area contributed by atoms with E-state index in [0.29, 0.717) is 0 Å². The molecule has 10 rings (SSSR count). The predicted octanol–water partition coefficient (Wildman–Crippen LogP) is 12.4. The van der Waals surface area contributed by atoms with Crippen molar-refractivity contribution in [1.29, 1.82) is 0 Å². The number of para-hydroxylation sites is 2. The first-order valence-electron chi connectivity index (χ1n) is 16.5. The zero-order valence-electron chi connectivity index (χ0n) is 26.4. The topological polar surface area (TPSA) is 8.17 Å². The lowest BCUT2D eigenvalue weighted by Gasteiger charge is -2.25. The highest BCUT2D eigenvalue weighted by molar-refractivity contribution is 6.35. The molecule has 0 saturated heterocycles. The van der Waals surface area contributed by atoms with Crippen molar-refractivity contribution in [2.75, 3.05) is 4.90 Å². The van der Waals surface area contributed by atoms with Crippen molar-refractivity contribution in [3.8, 4) is 5.69 Å². The van der Waals surface area contributed by atoms with Crippen LogP contribution in [0.1, 0.15) is 25.0 Å². The van der Waals surface area contributed by atoms with E-state index in [2.05, 4.69) is 181 Å². The Kier molecular flexibility index (Phi) is 5.37. The summed E-state index contributed by atoms with van der Waals surface area (Å²) in [6, 6.07) is 57.8. The summed E-state index contributed by atoms with van der Waals surface area (Å²) in [6.07, 6.45) is 0. The summed E-state index contributed by atoms with van der Waals surface area (Å²) in [7, 11) is 0. The van der Waals surface area contributed by atoms with Gasteiger partial charge in [-0.25, -0.2) is 0 Å². The molecule has 8 aromatic carbocycles. The van der Waals surface area contributed by atoms with E-state index in [0.717, 1.165) is 22.7 Å². The maximum atomic E-state index is 2.48. The first-order chi connectivity index (χ1) is 23.1. The second-order valence-electron chi connectivity index (χ2n) is 13.3. The fourth-order valence-electron chi connectivity index (χ4n) is 8.45. The molecular formula is C45H32N2. The Hall–Kier alpha value is -5.86. The summed E-state index contributed by atoms with van der Waals surface area (Å²) in [6.45, 7) is 4.78. The molecule has 0 amide bonds. The van der Waals surface area contributed by atoms with Gasteiger partial charge in [0.05, 0.1) is 11.0 Å². The molecule has 0 atom stereocenters. The van der Waals surface area contributed by atoms with Crippen LogP contribution in [0.25, 0.3) is 59.8 Å². The molecular weight excluding hydrogens is 569 g/mol. The zero-order chi connectivity index (χ0) is 31.3. The van der Waals surface area contributed by atoms with Crippen molar-refractivity contribution in [3.05, 3.63) is 169 Å². The second kappa shape index (κ2) is 9.57. The minimum Gasteiger partial charge on any atom is -0.311 e.